The Balaban J connectivity index is 1.51. The summed E-state index contributed by atoms with van der Waals surface area (Å²) in [5, 5.41) is 13.6. The van der Waals surface area contributed by atoms with Gasteiger partial charge in [-0.1, -0.05) is 42.0 Å². The van der Waals surface area contributed by atoms with E-state index in [2.05, 4.69) is 35.4 Å². The number of rotatable bonds is 5. The summed E-state index contributed by atoms with van der Waals surface area (Å²) in [6.07, 6.45) is 3.57. The van der Waals surface area contributed by atoms with E-state index in [4.69, 9.17) is 4.42 Å². The maximum atomic E-state index is 10.0. The van der Waals surface area contributed by atoms with E-state index in [1.165, 1.54) is 16.7 Å². The van der Waals surface area contributed by atoms with Crippen LogP contribution in [0.1, 0.15) is 28.8 Å². The Labute approximate surface area is 147 Å². The van der Waals surface area contributed by atoms with Crippen LogP contribution >= 0.6 is 0 Å². The second-order valence-electron chi connectivity index (χ2n) is 6.76. The molecule has 2 aromatic carbocycles. The summed E-state index contributed by atoms with van der Waals surface area (Å²) in [5.74, 6) is 0.627. The minimum absolute atomic E-state index is 0.0761. The van der Waals surface area contributed by atoms with Crippen molar-refractivity contribution < 1.29 is 9.52 Å². The summed E-state index contributed by atoms with van der Waals surface area (Å²) in [7, 11) is 0. The van der Waals surface area contributed by atoms with Crippen molar-refractivity contribution in [1.29, 1.82) is 0 Å². The highest BCUT2D eigenvalue weighted by Crippen LogP contribution is 2.36. The first-order valence-electron chi connectivity index (χ1n) is 8.66. The summed E-state index contributed by atoms with van der Waals surface area (Å²) in [4.78, 5) is 4.58. The van der Waals surface area contributed by atoms with Crippen LogP contribution < -0.4 is 5.32 Å². The van der Waals surface area contributed by atoms with Crippen molar-refractivity contribution in [2.24, 2.45) is 0 Å². The van der Waals surface area contributed by atoms with E-state index in [1.54, 1.807) is 6.26 Å². The van der Waals surface area contributed by atoms with Crippen LogP contribution in [0.3, 0.4) is 0 Å². The lowest BCUT2D eigenvalue weighted by molar-refractivity contribution is 0.158. The molecule has 0 aliphatic heterocycles. The number of hydrogen-bond acceptors (Lipinski definition) is 4. The molecule has 0 saturated heterocycles. The first kappa shape index (κ1) is 16.1. The number of aliphatic hydroxyl groups excluding tert-OH is 1. The smallest absolute Gasteiger partial charge is 0.226 e. The monoisotopic (exact) mass is 334 g/mol. The second kappa shape index (κ2) is 6.47. The summed E-state index contributed by atoms with van der Waals surface area (Å²) in [6, 6.07) is 16.5. The summed E-state index contributed by atoms with van der Waals surface area (Å²) < 4.78 is 5.63. The molecule has 3 aromatic rings. The van der Waals surface area contributed by atoms with E-state index in [9.17, 15) is 5.11 Å². The van der Waals surface area contributed by atoms with Crippen LogP contribution in [0.5, 0.6) is 0 Å². The van der Waals surface area contributed by atoms with Crippen LogP contribution in [-0.2, 0) is 18.5 Å². The molecule has 1 aromatic heterocycles. The number of aromatic nitrogens is 1. The molecule has 4 rings (SSSR count). The molecule has 2 N–H and O–H groups in total. The van der Waals surface area contributed by atoms with Crippen molar-refractivity contribution in [2.45, 2.75) is 31.8 Å². The van der Waals surface area contributed by atoms with Gasteiger partial charge in [-0.3, -0.25) is 5.32 Å². The molecule has 0 bridgehead atoms. The van der Waals surface area contributed by atoms with Gasteiger partial charge in [0.1, 0.15) is 6.26 Å². The SMILES string of the molecule is Cc1ccc(-c2nc(CNC3(CO)CCc4ccccc43)co2)cc1. The maximum Gasteiger partial charge on any atom is 0.226 e. The molecule has 4 heteroatoms. The molecule has 1 aliphatic carbocycles. The van der Waals surface area contributed by atoms with Crippen molar-refractivity contribution in [3.05, 3.63) is 77.2 Å². The third kappa shape index (κ3) is 2.99. The van der Waals surface area contributed by atoms with Gasteiger partial charge < -0.3 is 9.52 Å². The Bertz CT molecular complexity index is 870. The Kier molecular flexibility index (Phi) is 4.15. The number of oxazole rings is 1. The molecule has 0 fully saturated rings. The number of fused-ring (bicyclic) bond motifs is 1. The molecule has 0 radical (unpaired) electrons. The van der Waals surface area contributed by atoms with E-state index in [1.807, 2.05) is 30.3 Å². The highest BCUT2D eigenvalue weighted by Gasteiger charge is 2.37. The van der Waals surface area contributed by atoms with Gasteiger partial charge in [0.25, 0.3) is 0 Å². The van der Waals surface area contributed by atoms with Crippen molar-refractivity contribution in [2.75, 3.05) is 6.61 Å². The molecule has 1 unspecified atom stereocenters. The van der Waals surface area contributed by atoms with Crippen LogP contribution in [0.15, 0.2) is 59.2 Å². The molecule has 4 nitrogen and oxygen atoms in total. The highest BCUT2D eigenvalue weighted by atomic mass is 16.3. The summed E-state index contributed by atoms with van der Waals surface area (Å²) >= 11 is 0. The van der Waals surface area contributed by atoms with Crippen molar-refractivity contribution in [1.82, 2.24) is 10.3 Å². The third-order valence-electron chi connectivity index (χ3n) is 5.08. The lowest BCUT2D eigenvalue weighted by Crippen LogP contribution is -2.43. The third-order valence-corrected chi connectivity index (χ3v) is 5.08. The molecule has 0 saturated carbocycles. The lowest BCUT2D eigenvalue weighted by Gasteiger charge is -2.29. The predicted molar refractivity (Wildman–Crippen MR) is 97.0 cm³/mol. The largest absolute Gasteiger partial charge is 0.444 e. The van der Waals surface area contributed by atoms with Gasteiger partial charge in [0.2, 0.25) is 5.89 Å². The summed E-state index contributed by atoms with van der Waals surface area (Å²) in [5.41, 5.74) is 5.14. The average Bonchev–Trinajstić information content (AvgIpc) is 3.26. The van der Waals surface area contributed by atoms with Gasteiger partial charge in [-0.2, -0.15) is 0 Å². The summed E-state index contributed by atoms with van der Waals surface area (Å²) in [6.45, 7) is 2.69. The van der Waals surface area contributed by atoms with Gasteiger partial charge in [0.05, 0.1) is 17.8 Å². The zero-order valence-electron chi connectivity index (χ0n) is 14.3. The number of aliphatic hydroxyl groups is 1. The van der Waals surface area contributed by atoms with Gasteiger partial charge in [-0.05, 0) is 43.0 Å². The zero-order chi connectivity index (χ0) is 17.3. The van der Waals surface area contributed by atoms with Crippen LogP contribution in [0, 0.1) is 6.92 Å². The normalized spacial score (nSPS) is 19.1. The molecule has 0 amide bonds. The number of aryl methyl sites for hydroxylation is 2. The van der Waals surface area contributed by atoms with Crippen LogP contribution in [0.4, 0.5) is 0 Å². The van der Waals surface area contributed by atoms with E-state index in [0.29, 0.717) is 12.4 Å². The zero-order valence-corrected chi connectivity index (χ0v) is 14.3. The standard InChI is InChI=1S/C21H22N2O2/c1-15-6-8-17(9-7-15)20-23-18(13-25-20)12-22-21(14-24)11-10-16-4-2-3-5-19(16)21/h2-9,13,22,24H,10-12,14H2,1H3. The quantitative estimate of drug-likeness (QED) is 0.749. The molecular formula is C21H22N2O2. The van der Waals surface area contributed by atoms with Crippen molar-refractivity contribution in [3.63, 3.8) is 0 Å². The Hall–Kier alpha value is -2.43. The fourth-order valence-electron chi connectivity index (χ4n) is 3.57. The topological polar surface area (TPSA) is 58.3 Å². The number of nitrogens with zero attached hydrogens (tertiary/aromatic N) is 1. The Morgan fingerprint density at radius 1 is 1.16 bits per heavy atom. The van der Waals surface area contributed by atoms with Gasteiger partial charge in [-0.25, -0.2) is 4.98 Å². The van der Waals surface area contributed by atoms with Gasteiger partial charge in [0, 0.05) is 12.1 Å². The van der Waals surface area contributed by atoms with Gasteiger partial charge in [-0.15, -0.1) is 0 Å². The molecule has 1 heterocycles. The van der Waals surface area contributed by atoms with E-state index < -0.39 is 0 Å². The van der Waals surface area contributed by atoms with Gasteiger partial charge in [0.15, 0.2) is 0 Å². The molecule has 1 aliphatic rings. The maximum absolute atomic E-state index is 10.0. The van der Waals surface area contributed by atoms with Crippen LogP contribution in [0.25, 0.3) is 11.5 Å². The van der Waals surface area contributed by atoms with Crippen molar-refractivity contribution >= 4 is 0 Å². The fourth-order valence-corrected chi connectivity index (χ4v) is 3.57. The molecule has 128 valence electrons. The average molecular weight is 334 g/mol. The molecule has 1 atom stereocenters. The highest BCUT2D eigenvalue weighted by molar-refractivity contribution is 5.53. The number of nitrogens with one attached hydrogen (secondary N) is 1. The number of benzene rings is 2. The van der Waals surface area contributed by atoms with Crippen LogP contribution in [-0.4, -0.2) is 16.7 Å². The van der Waals surface area contributed by atoms with E-state index in [-0.39, 0.29) is 12.1 Å². The Morgan fingerprint density at radius 3 is 2.76 bits per heavy atom. The molecule has 25 heavy (non-hydrogen) atoms. The minimum Gasteiger partial charge on any atom is -0.444 e. The number of hydrogen-bond donors (Lipinski definition) is 2. The first-order chi connectivity index (χ1) is 12.2. The predicted octanol–water partition coefficient (Wildman–Crippen LogP) is 3.57. The Morgan fingerprint density at radius 2 is 1.96 bits per heavy atom. The second-order valence-corrected chi connectivity index (χ2v) is 6.76. The van der Waals surface area contributed by atoms with E-state index in [0.717, 1.165) is 24.1 Å². The van der Waals surface area contributed by atoms with Crippen molar-refractivity contribution in [3.8, 4) is 11.5 Å². The molecular weight excluding hydrogens is 312 g/mol. The molecule has 0 spiro atoms. The first-order valence-corrected chi connectivity index (χ1v) is 8.66. The van der Waals surface area contributed by atoms with Crippen LogP contribution in [0.2, 0.25) is 0 Å². The fraction of sp³-hybridized carbons (Fsp3) is 0.286. The van der Waals surface area contributed by atoms with Gasteiger partial charge >= 0.3 is 0 Å². The lowest BCUT2D eigenvalue weighted by atomic mass is 9.92. The van der Waals surface area contributed by atoms with E-state index >= 15 is 0 Å². The minimum atomic E-state index is -0.389.